The van der Waals surface area contributed by atoms with Crippen molar-refractivity contribution >= 4 is 21.8 Å². The highest BCUT2D eigenvalue weighted by Gasteiger charge is 2.36. The first-order valence-electron chi connectivity index (χ1n) is 8.17. The van der Waals surface area contributed by atoms with Crippen LogP contribution in [-0.2, 0) is 21.6 Å². The van der Waals surface area contributed by atoms with Crippen molar-refractivity contribution in [2.24, 2.45) is 0 Å². The van der Waals surface area contributed by atoms with Crippen LogP contribution < -0.4 is 13.8 Å². The highest BCUT2D eigenvalue weighted by atomic mass is 32.2. The molecule has 1 aliphatic carbocycles. The number of anilines is 1. The predicted molar refractivity (Wildman–Crippen MR) is 93.6 cm³/mol. The fourth-order valence-electron chi connectivity index (χ4n) is 2.92. The second-order valence-electron chi connectivity index (χ2n) is 6.31. The molecule has 1 saturated carbocycles. The predicted octanol–water partition coefficient (Wildman–Crippen LogP) is 2.32. The quantitative estimate of drug-likeness (QED) is 0.890. The molecule has 130 valence electrons. The lowest BCUT2D eigenvalue weighted by atomic mass is 10.1. The van der Waals surface area contributed by atoms with Gasteiger partial charge in [0.15, 0.2) is 0 Å². The Morgan fingerprint density at radius 3 is 2.52 bits per heavy atom. The van der Waals surface area contributed by atoms with E-state index in [0.29, 0.717) is 24.0 Å². The Bertz CT molecular complexity index is 908. The van der Waals surface area contributed by atoms with Gasteiger partial charge in [-0.3, -0.25) is 4.79 Å². The number of carbonyl (C=O) groups excluding carboxylic acids is 1. The number of amides is 1. The van der Waals surface area contributed by atoms with E-state index >= 15 is 0 Å². The van der Waals surface area contributed by atoms with E-state index in [9.17, 15) is 13.2 Å². The molecular weight excluding hydrogens is 340 g/mol. The first-order valence-corrected chi connectivity index (χ1v) is 9.61. The second-order valence-corrected chi connectivity index (χ2v) is 7.91. The summed E-state index contributed by atoms with van der Waals surface area (Å²) in [6.07, 6.45) is 2.28. The molecule has 2 aromatic rings. The van der Waals surface area contributed by atoms with Crippen molar-refractivity contribution in [1.82, 2.24) is 4.72 Å². The van der Waals surface area contributed by atoms with Gasteiger partial charge in [-0.2, -0.15) is 8.42 Å². The molecule has 2 aliphatic rings. The van der Waals surface area contributed by atoms with E-state index in [1.165, 1.54) is 0 Å². The van der Waals surface area contributed by atoms with Gasteiger partial charge in [-0.15, -0.1) is 0 Å². The van der Waals surface area contributed by atoms with Gasteiger partial charge in [0.2, 0.25) is 0 Å². The molecule has 1 heterocycles. The van der Waals surface area contributed by atoms with Crippen LogP contribution in [-0.4, -0.2) is 20.9 Å². The van der Waals surface area contributed by atoms with Crippen LogP contribution in [0.4, 0.5) is 5.69 Å². The fourth-order valence-corrected chi connectivity index (χ4v) is 4.08. The Balaban J connectivity index is 1.67. The molecule has 1 saturated heterocycles. The van der Waals surface area contributed by atoms with E-state index in [-0.39, 0.29) is 6.54 Å². The van der Waals surface area contributed by atoms with Crippen molar-refractivity contribution in [3.63, 3.8) is 0 Å². The van der Waals surface area contributed by atoms with Gasteiger partial charge in [-0.05, 0) is 42.0 Å². The summed E-state index contributed by atoms with van der Waals surface area (Å²) in [5.74, 6) is 0.455. The van der Waals surface area contributed by atoms with Crippen molar-refractivity contribution in [3.8, 4) is 5.75 Å². The lowest BCUT2D eigenvalue weighted by Gasteiger charge is -2.20. The summed E-state index contributed by atoms with van der Waals surface area (Å²) in [6, 6.07) is 15.2. The summed E-state index contributed by atoms with van der Waals surface area (Å²) in [6.45, 7) is 0.101. The molecule has 1 aliphatic heterocycles. The normalized spacial score (nSPS) is 18.9. The van der Waals surface area contributed by atoms with Crippen molar-refractivity contribution in [3.05, 3.63) is 59.7 Å². The number of benzene rings is 2. The maximum absolute atomic E-state index is 12.2. The first kappa shape index (κ1) is 16.0. The van der Waals surface area contributed by atoms with Crippen molar-refractivity contribution < 1.29 is 17.9 Å². The summed E-state index contributed by atoms with van der Waals surface area (Å²) in [5.41, 5.74) is 2.52. The second kappa shape index (κ2) is 6.07. The summed E-state index contributed by atoms with van der Waals surface area (Å²) >= 11 is 0. The molecule has 0 aromatic heterocycles. The Kier molecular flexibility index (Phi) is 3.88. The van der Waals surface area contributed by atoms with E-state index in [4.69, 9.17) is 4.74 Å². The van der Waals surface area contributed by atoms with E-state index < -0.39 is 16.1 Å². The third-order valence-corrected chi connectivity index (χ3v) is 5.75. The Labute approximate surface area is 146 Å². The van der Waals surface area contributed by atoms with Crippen molar-refractivity contribution in [2.75, 3.05) is 10.8 Å². The molecule has 7 heteroatoms. The van der Waals surface area contributed by atoms with E-state index in [1.807, 2.05) is 47.2 Å². The van der Waals surface area contributed by atoms with Crippen LogP contribution in [0.25, 0.3) is 0 Å². The lowest BCUT2D eigenvalue weighted by Crippen LogP contribution is -2.29. The van der Waals surface area contributed by atoms with Crippen molar-refractivity contribution in [1.29, 1.82) is 0 Å². The average molecular weight is 358 g/mol. The Morgan fingerprint density at radius 2 is 1.88 bits per heavy atom. The molecule has 0 unspecified atom stereocenters. The van der Waals surface area contributed by atoms with E-state index in [2.05, 4.69) is 0 Å². The van der Waals surface area contributed by atoms with E-state index in [0.717, 1.165) is 28.3 Å². The van der Waals surface area contributed by atoms with Crippen LogP contribution in [0.15, 0.2) is 48.5 Å². The van der Waals surface area contributed by atoms with Gasteiger partial charge < -0.3 is 4.74 Å². The molecule has 0 spiro atoms. The van der Waals surface area contributed by atoms with Gasteiger partial charge in [0.1, 0.15) is 18.9 Å². The fraction of sp³-hybridized carbons (Fsp3) is 0.278. The molecule has 2 aromatic carbocycles. The number of hydrogen-bond acceptors (Lipinski definition) is 4. The largest absolute Gasteiger partial charge is 0.487 e. The molecule has 0 atom stereocenters. The minimum atomic E-state index is -3.86. The van der Waals surface area contributed by atoms with Crippen LogP contribution in [0.3, 0.4) is 0 Å². The van der Waals surface area contributed by atoms with Gasteiger partial charge in [0.05, 0.1) is 5.69 Å². The van der Waals surface area contributed by atoms with Gasteiger partial charge in [0, 0.05) is 0 Å². The number of nitrogens with one attached hydrogen (secondary N) is 1. The highest BCUT2D eigenvalue weighted by molar-refractivity contribution is 7.92. The Hall–Kier alpha value is -2.54. The van der Waals surface area contributed by atoms with Gasteiger partial charge >= 0.3 is 10.2 Å². The molecule has 0 radical (unpaired) electrons. The third-order valence-electron chi connectivity index (χ3n) is 4.36. The summed E-state index contributed by atoms with van der Waals surface area (Å²) in [5, 5.41) is 0. The smallest absolute Gasteiger partial charge is 0.326 e. The van der Waals surface area contributed by atoms with Crippen LogP contribution >= 0.6 is 0 Å². The van der Waals surface area contributed by atoms with Gasteiger partial charge in [-0.25, -0.2) is 9.03 Å². The zero-order chi connectivity index (χ0) is 17.4. The number of carbonyl (C=O) groups is 1. The minimum absolute atomic E-state index is 0.229. The molecule has 2 fully saturated rings. The number of ether oxygens (including phenoxy) is 1. The van der Waals surface area contributed by atoms with Crippen LogP contribution in [0, 0.1) is 0 Å². The topological polar surface area (TPSA) is 75.7 Å². The number of rotatable bonds is 5. The van der Waals surface area contributed by atoms with Gasteiger partial charge in [0.25, 0.3) is 5.91 Å². The Morgan fingerprint density at radius 1 is 1.12 bits per heavy atom. The summed E-state index contributed by atoms with van der Waals surface area (Å²) in [7, 11) is -3.86. The monoisotopic (exact) mass is 358 g/mol. The first-order chi connectivity index (χ1) is 12.0. The van der Waals surface area contributed by atoms with Crippen LogP contribution in [0.1, 0.15) is 29.9 Å². The highest BCUT2D eigenvalue weighted by Crippen LogP contribution is 2.43. The zero-order valence-corrected chi connectivity index (χ0v) is 14.3. The summed E-state index contributed by atoms with van der Waals surface area (Å²) < 4.78 is 33.3. The molecule has 4 rings (SSSR count). The maximum atomic E-state index is 12.2. The number of hydrogen-bond donors (Lipinski definition) is 1. The molecule has 1 N–H and O–H groups in total. The number of nitrogens with zero attached hydrogens (tertiary/aromatic N) is 1. The average Bonchev–Trinajstić information content (AvgIpc) is 3.39. The molecule has 25 heavy (non-hydrogen) atoms. The minimum Gasteiger partial charge on any atom is -0.487 e. The molecule has 6 nitrogen and oxygen atoms in total. The lowest BCUT2D eigenvalue weighted by molar-refractivity contribution is -0.117. The molecule has 1 amide bonds. The molecule has 0 bridgehead atoms. The van der Waals surface area contributed by atoms with Gasteiger partial charge in [-0.1, -0.05) is 36.4 Å². The molecular formula is C18H18N2O4S. The standard InChI is InChI=1S/C18H18N2O4S/c21-18-11-20(25(22,23)19-18)16-9-8-15(14-6-7-14)10-17(16)24-12-13-4-2-1-3-5-13/h1-5,8-10,14H,6-7,11-12H2,(H,19,21). The zero-order valence-electron chi connectivity index (χ0n) is 13.5. The third kappa shape index (κ3) is 3.32. The van der Waals surface area contributed by atoms with Crippen LogP contribution in [0.5, 0.6) is 5.75 Å². The SMILES string of the molecule is O=C1CN(c2ccc(C3CC3)cc2OCc2ccccc2)S(=O)(=O)N1. The maximum Gasteiger partial charge on any atom is 0.326 e. The van der Waals surface area contributed by atoms with E-state index in [1.54, 1.807) is 6.07 Å². The van der Waals surface area contributed by atoms with Crippen molar-refractivity contribution in [2.45, 2.75) is 25.4 Å². The van der Waals surface area contributed by atoms with Crippen LogP contribution in [0.2, 0.25) is 0 Å². The summed E-state index contributed by atoms with van der Waals surface area (Å²) in [4.78, 5) is 11.5.